The van der Waals surface area contributed by atoms with Gasteiger partial charge in [0.25, 0.3) is 5.91 Å². The Morgan fingerprint density at radius 3 is 2.74 bits per heavy atom. The summed E-state index contributed by atoms with van der Waals surface area (Å²) in [6, 6.07) is 17.5. The number of hydrogen-bond donors (Lipinski definition) is 0. The molecular formula is C23H24N2O2. The van der Waals surface area contributed by atoms with Crippen molar-refractivity contribution in [2.75, 3.05) is 13.1 Å². The van der Waals surface area contributed by atoms with Crippen LogP contribution in [0.3, 0.4) is 0 Å². The lowest BCUT2D eigenvalue weighted by molar-refractivity contribution is 0.0672. The Morgan fingerprint density at radius 2 is 1.93 bits per heavy atom. The number of piperidine rings is 1. The SMILES string of the molecule is CCC1CCCN(C(=O)c2ccccc2-c2ncc(-c3ccccc3)o2)C1. The normalized spacial score (nSPS) is 17.1. The molecule has 0 spiro atoms. The van der Waals surface area contributed by atoms with Crippen LogP contribution in [0.4, 0.5) is 0 Å². The molecule has 1 atom stereocenters. The Balaban J connectivity index is 1.64. The van der Waals surface area contributed by atoms with Gasteiger partial charge in [-0.05, 0) is 30.9 Å². The maximum absolute atomic E-state index is 13.2. The van der Waals surface area contributed by atoms with E-state index >= 15 is 0 Å². The fraction of sp³-hybridized carbons (Fsp3) is 0.304. The van der Waals surface area contributed by atoms with E-state index in [1.54, 1.807) is 6.20 Å². The van der Waals surface area contributed by atoms with Crippen molar-refractivity contribution in [3.8, 4) is 22.8 Å². The van der Waals surface area contributed by atoms with Gasteiger partial charge in [-0.15, -0.1) is 0 Å². The van der Waals surface area contributed by atoms with Crippen molar-refractivity contribution in [3.05, 3.63) is 66.4 Å². The Hall–Kier alpha value is -2.88. The molecule has 0 radical (unpaired) electrons. The van der Waals surface area contributed by atoms with E-state index in [2.05, 4.69) is 11.9 Å². The molecule has 1 amide bonds. The van der Waals surface area contributed by atoms with E-state index in [9.17, 15) is 4.79 Å². The Kier molecular flexibility index (Phi) is 5.05. The zero-order valence-corrected chi connectivity index (χ0v) is 15.6. The van der Waals surface area contributed by atoms with E-state index in [-0.39, 0.29) is 5.91 Å². The third-order valence-corrected chi connectivity index (χ3v) is 5.34. The molecule has 4 rings (SSSR count). The molecule has 2 aromatic carbocycles. The Bertz CT molecular complexity index is 917. The molecular weight excluding hydrogens is 336 g/mol. The minimum Gasteiger partial charge on any atom is -0.436 e. The van der Waals surface area contributed by atoms with E-state index < -0.39 is 0 Å². The summed E-state index contributed by atoms with van der Waals surface area (Å²) in [7, 11) is 0. The quantitative estimate of drug-likeness (QED) is 0.637. The molecule has 1 aliphatic rings. The zero-order chi connectivity index (χ0) is 18.6. The number of oxazole rings is 1. The third-order valence-electron chi connectivity index (χ3n) is 5.34. The largest absolute Gasteiger partial charge is 0.436 e. The maximum atomic E-state index is 13.2. The lowest BCUT2D eigenvalue weighted by atomic mass is 9.94. The molecule has 2 heterocycles. The van der Waals surface area contributed by atoms with Crippen molar-refractivity contribution < 1.29 is 9.21 Å². The van der Waals surface area contributed by atoms with Crippen LogP contribution >= 0.6 is 0 Å². The van der Waals surface area contributed by atoms with Gasteiger partial charge in [-0.2, -0.15) is 0 Å². The molecule has 138 valence electrons. The molecule has 0 bridgehead atoms. The van der Waals surface area contributed by atoms with Gasteiger partial charge >= 0.3 is 0 Å². The van der Waals surface area contributed by atoms with Crippen LogP contribution in [0, 0.1) is 5.92 Å². The summed E-state index contributed by atoms with van der Waals surface area (Å²) >= 11 is 0. The van der Waals surface area contributed by atoms with Gasteiger partial charge in [0.1, 0.15) is 0 Å². The van der Waals surface area contributed by atoms with E-state index in [0.717, 1.165) is 37.1 Å². The number of nitrogens with zero attached hydrogens (tertiary/aromatic N) is 2. The zero-order valence-electron chi connectivity index (χ0n) is 15.6. The highest BCUT2D eigenvalue weighted by Crippen LogP contribution is 2.30. The summed E-state index contributed by atoms with van der Waals surface area (Å²) < 4.78 is 5.99. The van der Waals surface area contributed by atoms with Crippen molar-refractivity contribution in [3.63, 3.8) is 0 Å². The number of aromatic nitrogens is 1. The van der Waals surface area contributed by atoms with Gasteiger partial charge < -0.3 is 9.32 Å². The molecule has 0 saturated carbocycles. The van der Waals surface area contributed by atoms with Crippen LogP contribution in [0.5, 0.6) is 0 Å². The van der Waals surface area contributed by atoms with Crippen LogP contribution in [0.25, 0.3) is 22.8 Å². The summed E-state index contributed by atoms with van der Waals surface area (Å²) in [4.78, 5) is 19.6. The maximum Gasteiger partial charge on any atom is 0.254 e. The first-order chi connectivity index (χ1) is 13.3. The van der Waals surface area contributed by atoms with Crippen molar-refractivity contribution >= 4 is 5.91 Å². The number of hydrogen-bond acceptors (Lipinski definition) is 3. The molecule has 1 aliphatic heterocycles. The van der Waals surface area contributed by atoms with Crippen molar-refractivity contribution in [2.24, 2.45) is 5.92 Å². The van der Waals surface area contributed by atoms with E-state index in [4.69, 9.17) is 4.42 Å². The number of rotatable bonds is 4. The molecule has 27 heavy (non-hydrogen) atoms. The van der Waals surface area contributed by atoms with Gasteiger partial charge in [-0.1, -0.05) is 55.8 Å². The van der Waals surface area contributed by atoms with E-state index in [1.165, 1.54) is 6.42 Å². The van der Waals surface area contributed by atoms with Crippen LogP contribution in [0.2, 0.25) is 0 Å². The predicted octanol–water partition coefficient (Wildman–Crippen LogP) is 5.27. The van der Waals surface area contributed by atoms with Crippen molar-refractivity contribution in [1.82, 2.24) is 9.88 Å². The smallest absolute Gasteiger partial charge is 0.254 e. The van der Waals surface area contributed by atoms with Gasteiger partial charge in [0.05, 0.1) is 11.8 Å². The third kappa shape index (κ3) is 3.65. The topological polar surface area (TPSA) is 46.3 Å². The highest BCUT2D eigenvalue weighted by molar-refractivity contribution is 6.00. The second-order valence-electron chi connectivity index (χ2n) is 7.11. The van der Waals surface area contributed by atoms with Crippen molar-refractivity contribution in [1.29, 1.82) is 0 Å². The lowest BCUT2D eigenvalue weighted by Crippen LogP contribution is -2.39. The minimum absolute atomic E-state index is 0.0724. The molecule has 3 aromatic rings. The molecule has 0 N–H and O–H groups in total. The predicted molar refractivity (Wildman–Crippen MR) is 106 cm³/mol. The average Bonchev–Trinajstić information content (AvgIpc) is 3.24. The van der Waals surface area contributed by atoms with Crippen LogP contribution in [-0.2, 0) is 0 Å². The van der Waals surface area contributed by atoms with Crippen LogP contribution in [-0.4, -0.2) is 28.9 Å². The standard InChI is InChI=1S/C23H24N2O2/c1-2-17-9-8-14-25(16-17)23(26)20-13-7-6-12-19(20)22-24-15-21(27-22)18-10-4-3-5-11-18/h3-7,10-13,15,17H,2,8-9,14,16H2,1H3. The average molecular weight is 360 g/mol. The van der Waals surface area contributed by atoms with Crippen LogP contribution < -0.4 is 0 Å². The summed E-state index contributed by atoms with van der Waals surface area (Å²) in [6.45, 7) is 3.86. The Morgan fingerprint density at radius 1 is 1.15 bits per heavy atom. The molecule has 4 nitrogen and oxygen atoms in total. The lowest BCUT2D eigenvalue weighted by Gasteiger charge is -2.32. The van der Waals surface area contributed by atoms with Gasteiger partial charge in [0, 0.05) is 24.2 Å². The number of amides is 1. The van der Waals surface area contributed by atoms with E-state index in [1.807, 2.05) is 59.5 Å². The van der Waals surface area contributed by atoms with Gasteiger partial charge in [0.15, 0.2) is 5.76 Å². The number of carbonyl (C=O) groups excluding carboxylic acids is 1. The van der Waals surface area contributed by atoms with Gasteiger partial charge in [0.2, 0.25) is 5.89 Å². The summed E-state index contributed by atoms with van der Waals surface area (Å²) in [5, 5.41) is 0. The number of benzene rings is 2. The number of carbonyl (C=O) groups is 1. The van der Waals surface area contributed by atoms with Gasteiger partial charge in [-0.25, -0.2) is 4.98 Å². The molecule has 4 heteroatoms. The highest BCUT2D eigenvalue weighted by atomic mass is 16.4. The fourth-order valence-corrected chi connectivity index (χ4v) is 3.74. The first kappa shape index (κ1) is 17.5. The van der Waals surface area contributed by atoms with Crippen molar-refractivity contribution in [2.45, 2.75) is 26.2 Å². The molecule has 1 fully saturated rings. The van der Waals surface area contributed by atoms with E-state index in [0.29, 0.717) is 23.1 Å². The fourth-order valence-electron chi connectivity index (χ4n) is 3.74. The molecule has 0 aliphatic carbocycles. The molecule has 1 unspecified atom stereocenters. The van der Waals surface area contributed by atoms with Gasteiger partial charge in [-0.3, -0.25) is 4.79 Å². The first-order valence-electron chi connectivity index (χ1n) is 9.66. The highest BCUT2D eigenvalue weighted by Gasteiger charge is 2.26. The summed E-state index contributed by atoms with van der Waals surface area (Å²) in [6.07, 6.45) is 5.12. The van der Waals surface area contributed by atoms with Crippen LogP contribution in [0.1, 0.15) is 36.5 Å². The first-order valence-corrected chi connectivity index (χ1v) is 9.66. The summed E-state index contributed by atoms with van der Waals surface area (Å²) in [5.74, 6) is 1.86. The molecule has 1 saturated heterocycles. The second kappa shape index (κ2) is 7.78. The molecule has 1 aromatic heterocycles. The second-order valence-corrected chi connectivity index (χ2v) is 7.11. The monoisotopic (exact) mass is 360 g/mol. The minimum atomic E-state index is 0.0724. The summed E-state index contributed by atoms with van der Waals surface area (Å²) in [5.41, 5.74) is 2.39. The Labute approximate surface area is 159 Å². The van der Waals surface area contributed by atoms with Crippen LogP contribution in [0.15, 0.2) is 65.2 Å². The number of likely N-dealkylation sites (tertiary alicyclic amines) is 1.